The highest BCUT2D eigenvalue weighted by atomic mass is 35.5. The number of nitro groups is 1. The number of carbonyl (C=O) groups is 1. The number of anilines is 2. The highest BCUT2D eigenvalue weighted by Crippen LogP contribution is 2.31. The Morgan fingerprint density at radius 1 is 1.19 bits per heavy atom. The summed E-state index contributed by atoms with van der Waals surface area (Å²) >= 11 is 0. The van der Waals surface area contributed by atoms with Crippen LogP contribution in [0.3, 0.4) is 0 Å². The van der Waals surface area contributed by atoms with Crippen molar-refractivity contribution in [2.75, 3.05) is 17.2 Å². The normalized spacial score (nSPS) is 12.8. The fraction of sp³-hybridized carbons (Fsp3) is 0.316. The smallest absolute Gasteiger partial charge is 0.293 e. The maximum absolute atomic E-state index is 12.6. The Labute approximate surface area is 164 Å². The van der Waals surface area contributed by atoms with Crippen molar-refractivity contribution in [3.63, 3.8) is 0 Å². The van der Waals surface area contributed by atoms with Gasteiger partial charge in [-0.15, -0.1) is 12.4 Å². The lowest BCUT2D eigenvalue weighted by molar-refractivity contribution is -0.384. The number of amides is 1. The van der Waals surface area contributed by atoms with Crippen molar-refractivity contribution in [3.8, 4) is 0 Å². The first-order valence-corrected chi connectivity index (χ1v) is 8.73. The van der Waals surface area contributed by atoms with Crippen LogP contribution in [0, 0.1) is 10.1 Å². The molecule has 3 N–H and O–H groups in total. The molecule has 2 aromatic rings. The summed E-state index contributed by atoms with van der Waals surface area (Å²) < 4.78 is 0. The number of nitro benzene ring substituents is 1. The van der Waals surface area contributed by atoms with Crippen molar-refractivity contribution in [2.24, 2.45) is 0 Å². The lowest BCUT2D eigenvalue weighted by Gasteiger charge is -2.12. The zero-order chi connectivity index (χ0) is 18.5. The molecular formula is C19H23ClN4O3. The molecule has 27 heavy (non-hydrogen) atoms. The van der Waals surface area contributed by atoms with Crippen LogP contribution in [-0.4, -0.2) is 23.4 Å². The van der Waals surface area contributed by atoms with Crippen molar-refractivity contribution in [1.29, 1.82) is 0 Å². The molecule has 0 bridgehead atoms. The third kappa shape index (κ3) is 5.42. The number of nitrogens with one attached hydrogen (secondary N) is 3. The van der Waals surface area contributed by atoms with E-state index >= 15 is 0 Å². The molecule has 1 amide bonds. The number of nitrogens with zero attached hydrogens (tertiary/aromatic N) is 1. The van der Waals surface area contributed by atoms with Gasteiger partial charge in [0.05, 0.1) is 4.92 Å². The second-order valence-electron chi connectivity index (χ2n) is 6.30. The third-order valence-electron chi connectivity index (χ3n) is 4.22. The minimum Gasteiger partial charge on any atom is -0.377 e. The first-order valence-electron chi connectivity index (χ1n) is 8.73. The first-order chi connectivity index (χ1) is 12.6. The minimum absolute atomic E-state index is 0. The van der Waals surface area contributed by atoms with E-state index in [2.05, 4.69) is 16.0 Å². The summed E-state index contributed by atoms with van der Waals surface area (Å²) in [5, 5.41) is 20.6. The van der Waals surface area contributed by atoms with Crippen molar-refractivity contribution < 1.29 is 9.72 Å². The number of para-hydroxylation sites is 1. The van der Waals surface area contributed by atoms with Gasteiger partial charge in [-0.25, -0.2) is 0 Å². The summed E-state index contributed by atoms with van der Waals surface area (Å²) in [6.07, 6.45) is 2.03. The highest BCUT2D eigenvalue weighted by Gasteiger charge is 2.25. The number of rotatable bonds is 8. The minimum atomic E-state index is -0.458. The molecule has 0 aliphatic heterocycles. The molecule has 144 valence electrons. The lowest BCUT2D eigenvalue weighted by atomic mass is 10.1. The number of hydrogen-bond donors (Lipinski definition) is 3. The molecule has 3 rings (SSSR count). The molecule has 8 heteroatoms. The predicted octanol–water partition coefficient (Wildman–Crippen LogP) is 3.95. The van der Waals surface area contributed by atoms with Crippen molar-refractivity contribution in [1.82, 2.24) is 5.32 Å². The summed E-state index contributed by atoms with van der Waals surface area (Å²) in [5.41, 5.74) is 2.30. The van der Waals surface area contributed by atoms with E-state index in [0.717, 1.165) is 24.9 Å². The Morgan fingerprint density at radius 3 is 2.59 bits per heavy atom. The third-order valence-corrected chi connectivity index (χ3v) is 4.22. The van der Waals surface area contributed by atoms with Gasteiger partial charge in [0.2, 0.25) is 0 Å². The molecule has 1 aliphatic carbocycles. The van der Waals surface area contributed by atoms with Crippen LogP contribution in [0.25, 0.3) is 0 Å². The molecule has 1 fully saturated rings. The zero-order valence-corrected chi connectivity index (χ0v) is 15.8. The molecular weight excluding hydrogens is 368 g/mol. The van der Waals surface area contributed by atoms with Crippen LogP contribution in [0.15, 0.2) is 42.5 Å². The van der Waals surface area contributed by atoms with E-state index < -0.39 is 4.92 Å². The topological polar surface area (TPSA) is 96.3 Å². The van der Waals surface area contributed by atoms with Gasteiger partial charge < -0.3 is 16.0 Å². The number of halogens is 1. The van der Waals surface area contributed by atoms with Gasteiger partial charge in [-0.2, -0.15) is 0 Å². The van der Waals surface area contributed by atoms with Gasteiger partial charge >= 0.3 is 0 Å². The first kappa shape index (κ1) is 20.7. The quantitative estimate of drug-likeness (QED) is 0.468. The van der Waals surface area contributed by atoms with E-state index in [9.17, 15) is 14.9 Å². The molecule has 7 nitrogen and oxygen atoms in total. The molecule has 0 saturated heterocycles. The van der Waals surface area contributed by atoms with Crippen LogP contribution in [0.2, 0.25) is 0 Å². The number of benzene rings is 2. The molecule has 0 unspecified atom stereocenters. The van der Waals surface area contributed by atoms with Crippen LogP contribution in [-0.2, 0) is 6.54 Å². The molecule has 0 atom stereocenters. The average molecular weight is 391 g/mol. The van der Waals surface area contributed by atoms with Crippen LogP contribution < -0.4 is 16.0 Å². The SMILES string of the molecule is CCNCc1ccccc1NC(=O)c1ccc(NC2CC2)c([N+](=O)[O-])c1.Cl. The van der Waals surface area contributed by atoms with E-state index in [0.29, 0.717) is 24.0 Å². The van der Waals surface area contributed by atoms with Crippen molar-refractivity contribution in [2.45, 2.75) is 32.4 Å². The van der Waals surface area contributed by atoms with Gasteiger partial charge in [-0.1, -0.05) is 25.1 Å². The second kappa shape index (κ2) is 9.34. The Hall–Kier alpha value is -2.64. The molecule has 2 aromatic carbocycles. The summed E-state index contributed by atoms with van der Waals surface area (Å²) in [6.45, 7) is 3.47. The van der Waals surface area contributed by atoms with Crippen LogP contribution in [0.5, 0.6) is 0 Å². The lowest BCUT2D eigenvalue weighted by Crippen LogP contribution is -2.17. The summed E-state index contributed by atoms with van der Waals surface area (Å²) in [5.74, 6) is -0.366. The maximum Gasteiger partial charge on any atom is 0.293 e. The van der Waals surface area contributed by atoms with E-state index in [1.54, 1.807) is 12.1 Å². The van der Waals surface area contributed by atoms with Crippen molar-refractivity contribution in [3.05, 3.63) is 63.7 Å². The van der Waals surface area contributed by atoms with Crippen molar-refractivity contribution >= 4 is 35.4 Å². The molecule has 1 saturated carbocycles. The molecule has 0 spiro atoms. The number of hydrogen-bond acceptors (Lipinski definition) is 5. The Kier molecular flexibility index (Phi) is 7.15. The van der Waals surface area contributed by atoms with E-state index in [-0.39, 0.29) is 29.6 Å². The molecule has 0 heterocycles. The average Bonchev–Trinajstić information content (AvgIpc) is 3.45. The standard InChI is InChI=1S/C19H22N4O3.ClH/c1-2-20-12-14-5-3-4-6-16(14)22-19(24)13-7-10-17(21-15-8-9-15)18(11-13)23(25)26;/h3-7,10-11,15,20-21H,2,8-9,12H2,1H3,(H,22,24);1H. The van der Waals surface area contributed by atoms with Gasteiger partial charge in [0.25, 0.3) is 11.6 Å². The van der Waals surface area contributed by atoms with Gasteiger partial charge in [-0.05, 0) is 43.1 Å². The van der Waals surface area contributed by atoms with E-state index in [4.69, 9.17) is 0 Å². The maximum atomic E-state index is 12.6. The fourth-order valence-electron chi connectivity index (χ4n) is 2.64. The Balaban J connectivity index is 0.00000261. The Morgan fingerprint density at radius 2 is 1.93 bits per heavy atom. The Bertz CT molecular complexity index is 824. The largest absolute Gasteiger partial charge is 0.377 e. The summed E-state index contributed by atoms with van der Waals surface area (Å²) in [6, 6.07) is 12.3. The van der Waals surface area contributed by atoms with Crippen LogP contribution in [0.1, 0.15) is 35.7 Å². The summed E-state index contributed by atoms with van der Waals surface area (Å²) in [4.78, 5) is 23.5. The second-order valence-corrected chi connectivity index (χ2v) is 6.30. The fourth-order valence-corrected chi connectivity index (χ4v) is 2.64. The molecule has 0 aromatic heterocycles. The molecule has 0 radical (unpaired) electrons. The van der Waals surface area contributed by atoms with E-state index in [1.807, 2.05) is 31.2 Å². The summed E-state index contributed by atoms with van der Waals surface area (Å²) in [7, 11) is 0. The predicted molar refractivity (Wildman–Crippen MR) is 109 cm³/mol. The van der Waals surface area contributed by atoms with Gasteiger partial charge in [0.15, 0.2) is 0 Å². The van der Waals surface area contributed by atoms with Crippen LogP contribution >= 0.6 is 12.4 Å². The van der Waals surface area contributed by atoms with Crippen LogP contribution in [0.4, 0.5) is 17.1 Å². The van der Waals surface area contributed by atoms with Gasteiger partial charge in [0.1, 0.15) is 5.69 Å². The van der Waals surface area contributed by atoms with Gasteiger partial charge in [0, 0.05) is 29.9 Å². The molecule has 1 aliphatic rings. The number of carbonyl (C=O) groups excluding carboxylic acids is 1. The van der Waals surface area contributed by atoms with Gasteiger partial charge in [-0.3, -0.25) is 14.9 Å². The highest BCUT2D eigenvalue weighted by molar-refractivity contribution is 6.05. The van der Waals surface area contributed by atoms with E-state index in [1.165, 1.54) is 6.07 Å². The monoisotopic (exact) mass is 390 g/mol. The zero-order valence-electron chi connectivity index (χ0n) is 15.0.